The van der Waals surface area contributed by atoms with Gasteiger partial charge < -0.3 is 5.32 Å². The van der Waals surface area contributed by atoms with Crippen molar-refractivity contribution in [3.8, 4) is 0 Å². The van der Waals surface area contributed by atoms with Crippen molar-refractivity contribution in [2.45, 2.75) is 22.8 Å². The minimum absolute atomic E-state index is 0. The maximum atomic E-state index is 12.0. The Kier molecular flexibility index (Phi) is 7.96. The molecule has 1 aromatic carbocycles. The smallest absolute Gasteiger partial charge is 0.242 e. The first-order valence-corrected chi connectivity index (χ1v) is 9.23. The number of likely N-dealkylation sites (N-methyl/N-ethyl adjacent to an activating group) is 1. The van der Waals surface area contributed by atoms with Gasteiger partial charge in [0.1, 0.15) is 0 Å². The number of halogens is 1. The van der Waals surface area contributed by atoms with E-state index in [2.05, 4.69) is 10.0 Å². The number of benzene rings is 1. The van der Waals surface area contributed by atoms with Gasteiger partial charge in [-0.3, -0.25) is 0 Å². The highest BCUT2D eigenvalue weighted by atomic mass is 35.5. The van der Waals surface area contributed by atoms with Gasteiger partial charge in [0, 0.05) is 26.7 Å². The van der Waals surface area contributed by atoms with Crippen molar-refractivity contribution >= 4 is 32.5 Å². The van der Waals surface area contributed by atoms with Gasteiger partial charge in [-0.25, -0.2) is 25.9 Å². The largest absolute Gasteiger partial charge is 0.316 e. The molecule has 22 heavy (non-hydrogen) atoms. The Morgan fingerprint density at radius 1 is 1.05 bits per heavy atom. The Bertz CT molecular complexity index is 673. The predicted molar refractivity (Wildman–Crippen MR) is 88.3 cm³/mol. The van der Waals surface area contributed by atoms with Crippen molar-refractivity contribution in [1.29, 1.82) is 0 Å². The first-order chi connectivity index (χ1) is 9.61. The van der Waals surface area contributed by atoms with Gasteiger partial charge in [-0.05, 0) is 38.2 Å². The van der Waals surface area contributed by atoms with Crippen LogP contribution in [0, 0.1) is 0 Å². The lowest BCUT2D eigenvalue weighted by Gasteiger charge is -2.13. The molecule has 0 heterocycles. The molecule has 0 aliphatic carbocycles. The van der Waals surface area contributed by atoms with Crippen molar-refractivity contribution in [3.05, 3.63) is 24.3 Å². The summed E-state index contributed by atoms with van der Waals surface area (Å²) in [6, 6.07) is 5.12. The molecule has 0 aliphatic heterocycles. The Morgan fingerprint density at radius 3 is 1.91 bits per heavy atom. The van der Waals surface area contributed by atoms with Crippen LogP contribution in [-0.4, -0.2) is 54.9 Å². The molecule has 1 aromatic rings. The van der Waals surface area contributed by atoms with Crippen LogP contribution in [0.15, 0.2) is 34.1 Å². The summed E-state index contributed by atoms with van der Waals surface area (Å²) in [6.45, 7) is 2.09. The van der Waals surface area contributed by atoms with Crippen LogP contribution >= 0.6 is 12.4 Å². The summed E-state index contributed by atoms with van der Waals surface area (Å²) in [5, 5.41) is 2.92. The molecule has 2 N–H and O–H groups in total. The van der Waals surface area contributed by atoms with E-state index in [-0.39, 0.29) is 34.8 Å². The monoisotopic (exact) mass is 371 g/mol. The van der Waals surface area contributed by atoms with Crippen LogP contribution in [0.4, 0.5) is 0 Å². The van der Waals surface area contributed by atoms with Crippen LogP contribution in [0.5, 0.6) is 0 Å². The second-order valence-corrected chi connectivity index (χ2v) is 8.72. The topological polar surface area (TPSA) is 95.6 Å². The molecule has 0 radical (unpaired) electrons. The average Bonchev–Trinajstić information content (AvgIpc) is 2.44. The molecule has 10 heteroatoms. The van der Waals surface area contributed by atoms with Gasteiger partial charge in [-0.15, -0.1) is 12.4 Å². The first-order valence-electron chi connectivity index (χ1n) is 6.31. The Balaban J connectivity index is 0.00000441. The molecular weight excluding hydrogens is 350 g/mol. The third kappa shape index (κ3) is 5.18. The van der Waals surface area contributed by atoms with E-state index in [1.54, 1.807) is 7.05 Å². The van der Waals surface area contributed by atoms with E-state index in [1.165, 1.54) is 38.4 Å². The lowest BCUT2D eigenvalue weighted by molar-refractivity contribution is 0.520. The molecule has 0 aliphatic rings. The molecule has 1 rings (SSSR count). The Labute approximate surface area is 138 Å². The van der Waals surface area contributed by atoms with Gasteiger partial charge in [0.25, 0.3) is 0 Å². The van der Waals surface area contributed by atoms with E-state index in [1.807, 2.05) is 6.92 Å². The molecule has 0 aromatic heterocycles. The van der Waals surface area contributed by atoms with Crippen molar-refractivity contribution in [2.75, 3.05) is 27.7 Å². The third-order valence-corrected chi connectivity index (χ3v) is 6.25. The fraction of sp³-hybridized carbons (Fsp3) is 0.500. The maximum absolute atomic E-state index is 12.0. The van der Waals surface area contributed by atoms with Crippen LogP contribution in [0.2, 0.25) is 0 Å². The molecule has 1 unspecified atom stereocenters. The fourth-order valence-electron chi connectivity index (χ4n) is 1.42. The fourth-order valence-corrected chi connectivity index (χ4v) is 3.45. The van der Waals surface area contributed by atoms with E-state index >= 15 is 0 Å². The van der Waals surface area contributed by atoms with Gasteiger partial charge in [0.2, 0.25) is 20.0 Å². The molecule has 128 valence electrons. The molecule has 0 fully saturated rings. The summed E-state index contributed by atoms with van der Waals surface area (Å²) in [5.74, 6) is 0. The lowest BCUT2D eigenvalue weighted by atomic mass is 10.4. The van der Waals surface area contributed by atoms with E-state index in [4.69, 9.17) is 0 Å². The molecule has 0 saturated heterocycles. The van der Waals surface area contributed by atoms with Crippen molar-refractivity contribution < 1.29 is 16.8 Å². The molecular formula is C12H22ClN3O4S2. The molecule has 7 nitrogen and oxygen atoms in total. The third-order valence-electron chi connectivity index (χ3n) is 2.98. The van der Waals surface area contributed by atoms with Crippen molar-refractivity contribution in [1.82, 2.24) is 14.3 Å². The second-order valence-electron chi connectivity index (χ2n) is 4.80. The first kappa shape index (κ1) is 21.3. The number of hydrogen-bond acceptors (Lipinski definition) is 5. The Morgan fingerprint density at radius 2 is 1.50 bits per heavy atom. The summed E-state index contributed by atoms with van der Waals surface area (Å²) < 4.78 is 51.4. The summed E-state index contributed by atoms with van der Waals surface area (Å²) in [4.78, 5) is 0.0820. The summed E-state index contributed by atoms with van der Waals surface area (Å²) in [6.07, 6.45) is 0. The maximum Gasteiger partial charge on any atom is 0.242 e. The molecule has 0 saturated carbocycles. The Hall–Kier alpha value is -0.710. The number of rotatable bonds is 7. The van der Waals surface area contributed by atoms with Crippen molar-refractivity contribution in [2.24, 2.45) is 0 Å². The minimum atomic E-state index is -3.65. The normalized spacial score (nSPS) is 13.7. The molecule has 1 atom stereocenters. The van der Waals surface area contributed by atoms with E-state index < -0.39 is 20.0 Å². The molecule has 0 bridgehead atoms. The van der Waals surface area contributed by atoms with Crippen LogP contribution in [0.3, 0.4) is 0 Å². The van der Waals surface area contributed by atoms with Crippen LogP contribution < -0.4 is 10.0 Å². The lowest BCUT2D eigenvalue weighted by Crippen LogP contribution is -2.37. The summed E-state index contributed by atoms with van der Waals surface area (Å²) in [7, 11) is -2.64. The number of nitrogens with one attached hydrogen (secondary N) is 2. The van der Waals surface area contributed by atoms with E-state index in [0.717, 1.165) is 4.31 Å². The standard InChI is InChI=1S/C12H21N3O4S2.ClH/c1-10(13-2)9-14-20(16,17)11-5-7-12(8-6-11)21(18,19)15(3)4;/h5-8,10,13-14H,9H2,1-4H3;1H. The average molecular weight is 372 g/mol. The molecule has 0 spiro atoms. The highest BCUT2D eigenvalue weighted by Gasteiger charge is 2.19. The molecule has 0 amide bonds. The highest BCUT2D eigenvalue weighted by molar-refractivity contribution is 7.89. The predicted octanol–water partition coefficient (Wildman–Crippen LogP) is 0.245. The minimum Gasteiger partial charge on any atom is -0.316 e. The second kappa shape index (κ2) is 8.23. The summed E-state index contributed by atoms with van der Waals surface area (Å²) >= 11 is 0. The van der Waals surface area contributed by atoms with Gasteiger partial charge >= 0.3 is 0 Å². The van der Waals surface area contributed by atoms with Gasteiger partial charge in [-0.2, -0.15) is 0 Å². The highest BCUT2D eigenvalue weighted by Crippen LogP contribution is 2.16. The van der Waals surface area contributed by atoms with E-state index in [9.17, 15) is 16.8 Å². The van der Waals surface area contributed by atoms with Crippen LogP contribution in [0.1, 0.15) is 6.92 Å². The zero-order valence-corrected chi connectivity index (χ0v) is 15.3. The quantitative estimate of drug-likeness (QED) is 0.716. The van der Waals surface area contributed by atoms with Crippen molar-refractivity contribution in [3.63, 3.8) is 0 Å². The zero-order chi connectivity index (χ0) is 16.3. The number of sulfonamides is 2. The van der Waals surface area contributed by atoms with Crippen LogP contribution in [0.25, 0.3) is 0 Å². The van der Waals surface area contributed by atoms with Gasteiger partial charge in [0.05, 0.1) is 9.79 Å². The zero-order valence-electron chi connectivity index (χ0n) is 12.9. The van der Waals surface area contributed by atoms with Crippen LogP contribution in [-0.2, 0) is 20.0 Å². The van der Waals surface area contributed by atoms with Gasteiger partial charge in [0.15, 0.2) is 0 Å². The van der Waals surface area contributed by atoms with E-state index in [0.29, 0.717) is 0 Å². The van der Waals surface area contributed by atoms with Gasteiger partial charge in [-0.1, -0.05) is 0 Å². The SMILES string of the molecule is CNC(C)CNS(=O)(=O)c1ccc(S(=O)(=O)N(C)C)cc1.Cl. The summed E-state index contributed by atoms with van der Waals surface area (Å²) in [5.41, 5.74) is 0. The number of hydrogen-bond donors (Lipinski definition) is 2. The number of nitrogens with zero attached hydrogens (tertiary/aromatic N) is 1.